The topological polar surface area (TPSA) is 84.5 Å². The van der Waals surface area contributed by atoms with Crippen molar-refractivity contribution in [2.45, 2.75) is 31.2 Å². The summed E-state index contributed by atoms with van der Waals surface area (Å²) in [5.41, 5.74) is 8.80. The highest BCUT2D eigenvalue weighted by molar-refractivity contribution is 7.89. The Bertz CT molecular complexity index is 958. The van der Waals surface area contributed by atoms with Gasteiger partial charge in [0, 0.05) is 39.3 Å². The Morgan fingerprint density at radius 2 is 1.72 bits per heavy atom. The average Bonchev–Trinajstić information content (AvgIpc) is 3.32. The zero-order valence-electron chi connectivity index (χ0n) is 17.5. The van der Waals surface area contributed by atoms with Gasteiger partial charge in [-0.25, -0.2) is 8.42 Å². The van der Waals surface area contributed by atoms with Gasteiger partial charge in [0.2, 0.25) is 10.0 Å². The molecule has 0 bridgehead atoms. The molecule has 2 fully saturated rings. The summed E-state index contributed by atoms with van der Waals surface area (Å²) in [5.74, 6) is 0.796. The van der Waals surface area contributed by atoms with Crippen molar-refractivity contribution in [3.05, 3.63) is 47.3 Å². The number of hydrogen-bond acceptors (Lipinski definition) is 5. The van der Waals surface area contributed by atoms with Gasteiger partial charge < -0.3 is 10.6 Å². The highest BCUT2D eigenvalue weighted by atomic mass is 32.2. The van der Waals surface area contributed by atoms with Crippen molar-refractivity contribution in [3.8, 4) is 0 Å². The Balaban J connectivity index is 1.35. The normalized spacial score (nSPS) is 24.1. The van der Waals surface area contributed by atoms with Gasteiger partial charge in [-0.3, -0.25) is 4.68 Å². The molecule has 2 unspecified atom stereocenters. The van der Waals surface area contributed by atoms with Crippen LogP contribution >= 0.6 is 0 Å². The van der Waals surface area contributed by atoms with Crippen LogP contribution < -0.4 is 5.73 Å². The molecule has 7 nitrogen and oxygen atoms in total. The van der Waals surface area contributed by atoms with E-state index in [1.807, 2.05) is 25.1 Å². The van der Waals surface area contributed by atoms with E-state index in [-0.39, 0.29) is 6.04 Å². The molecule has 2 N–H and O–H groups in total. The van der Waals surface area contributed by atoms with Gasteiger partial charge in [-0.15, -0.1) is 0 Å². The van der Waals surface area contributed by atoms with Gasteiger partial charge in [-0.05, 0) is 44.2 Å². The summed E-state index contributed by atoms with van der Waals surface area (Å²) in [5, 5.41) is 4.29. The Labute approximate surface area is 173 Å². The lowest BCUT2D eigenvalue weighted by molar-refractivity contribution is 0.285. The number of rotatable bonds is 6. The lowest BCUT2D eigenvalue weighted by atomic mass is 10.0. The maximum absolute atomic E-state index is 13.2. The summed E-state index contributed by atoms with van der Waals surface area (Å²) in [6.07, 6.45) is 0.916. The first-order chi connectivity index (χ1) is 13.8. The summed E-state index contributed by atoms with van der Waals surface area (Å²) < 4.78 is 29.8. The predicted molar refractivity (Wildman–Crippen MR) is 113 cm³/mol. The highest BCUT2D eigenvalue weighted by Gasteiger charge is 2.45. The van der Waals surface area contributed by atoms with E-state index >= 15 is 0 Å². The number of fused-ring (bicyclic) bond motifs is 1. The summed E-state index contributed by atoms with van der Waals surface area (Å²) in [6, 6.07) is 10.3. The molecule has 0 saturated carbocycles. The van der Waals surface area contributed by atoms with E-state index in [9.17, 15) is 8.42 Å². The first-order valence-electron chi connectivity index (χ1n) is 10.3. The van der Waals surface area contributed by atoms with Gasteiger partial charge in [0.05, 0.1) is 11.4 Å². The van der Waals surface area contributed by atoms with Gasteiger partial charge in [0.25, 0.3) is 0 Å². The number of aromatic nitrogens is 2. The van der Waals surface area contributed by atoms with Crippen LogP contribution in [0.25, 0.3) is 0 Å². The standard InChI is InChI=1S/C21H31N5O2S/c1-15-21(16(2)24(3)23-15)29(27,28)26-13-18-11-25(12-19(18)14-26)10-9-20(22)17-7-5-4-6-8-17/h4-8,18-20H,9-14,22H2,1-3H3/t18?,19?,20-/m0/s1. The second-order valence-corrected chi connectivity index (χ2v) is 10.4. The van der Waals surface area contributed by atoms with Crippen LogP contribution in [-0.2, 0) is 17.1 Å². The molecule has 4 rings (SSSR count). The van der Waals surface area contributed by atoms with Crippen LogP contribution in [0.15, 0.2) is 35.2 Å². The van der Waals surface area contributed by atoms with Crippen molar-refractivity contribution in [3.63, 3.8) is 0 Å². The third-order valence-electron chi connectivity index (χ3n) is 6.55. The largest absolute Gasteiger partial charge is 0.324 e. The molecule has 2 saturated heterocycles. The summed E-state index contributed by atoms with van der Waals surface area (Å²) in [6.45, 7) is 7.64. The van der Waals surface area contributed by atoms with Crippen molar-refractivity contribution in [2.24, 2.45) is 24.6 Å². The van der Waals surface area contributed by atoms with E-state index in [4.69, 9.17) is 5.73 Å². The number of sulfonamides is 1. The fraction of sp³-hybridized carbons (Fsp3) is 0.571. The molecule has 0 radical (unpaired) electrons. The van der Waals surface area contributed by atoms with Crippen LogP contribution in [0, 0.1) is 25.7 Å². The minimum absolute atomic E-state index is 0.0463. The Morgan fingerprint density at radius 3 is 2.28 bits per heavy atom. The Kier molecular flexibility index (Phi) is 5.54. The number of nitrogens with two attached hydrogens (primary N) is 1. The fourth-order valence-electron chi connectivity index (χ4n) is 4.87. The third-order valence-corrected chi connectivity index (χ3v) is 8.64. The number of likely N-dealkylation sites (tertiary alicyclic amines) is 1. The first kappa shape index (κ1) is 20.5. The van der Waals surface area contributed by atoms with Crippen LogP contribution in [0.1, 0.15) is 29.4 Å². The van der Waals surface area contributed by atoms with Gasteiger partial charge >= 0.3 is 0 Å². The molecule has 8 heteroatoms. The van der Waals surface area contributed by atoms with Crippen molar-refractivity contribution >= 4 is 10.0 Å². The van der Waals surface area contributed by atoms with E-state index in [0.29, 0.717) is 41.2 Å². The molecule has 158 valence electrons. The summed E-state index contributed by atoms with van der Waals surface area (Å²) >= 11 is 0. The summed E-state index contributed by atoms with van der Waals surface area (Å²) in [4.78, 5) is 2.83. The van der Waals surface area contributed by atoms with Crippen LogP contribution in [0.4, 0.5) is 0 Å². The van der Waals surface area contributed by atoms with Crippen LogP contribution in [0.5, 0.6) is 0 Å². The third kappa shape index (κ3) is 3.86. The SMILES string of the molecule is Cc1nn(C)c(C)c1S(=O)(=O)N1CC2CN(CC[C@H](N)c3ccccc3)CC2C1. The number of hydrogen-bond donors (Lipinski definition) is 1. The Hall–Kier alpha value is -1.74. The zero-order valence-corrected chi connectivity index (χ0v) is 18.3. The number of aryl methyl sites for hydroxylation is 2. The van der Waals surface area contributed by atoms with Crippen molar-refractivity contribution in [1.29, 1.82) is 0 Å². The van der Waals surface area contributed by atoms with Gasteiger partial charge in [0.1, 0.15) is 4.90 Å². The van der Waals surface area contributed by atoms with E-state index in [2.05, 4.69) is 22.1 Å². The molecule has 3 atom stereocenters. The molecule has 3 heterocycles. The molecule has 1 aromatic carbocycles. The van der Waals surface area contributed by atoms with Crippen LogP contribution in [0.2, 0.25) is 0 Å². The van der Waals surface area contributed by atoms with E-state index in [1.54, 1.807) is 23.0 Å². The lowest BCUT2D eigenvalue weighted by Gasteiger charge is -2.22. The maximum atomic E-state index is 13.2. The molecular formula is C21H31N5O2S. The molecule has 2 aromatic rings. The van der Waals surface area contributed by atoms with E-state index in [0.717, 1.165) is 26.1 Å². The summed E-state index contributed by atoms with van der Waals surface area (Å²) in [7, 11) is -1.70. The van der Waals surface area contributed by atoms with E-state index < -0.39 is 10.0 Å². The Morgan fingerprint density at radius 1 is 1.10 bits per heavy atom. The molecule has 2 aliphatic rings. The van der Waals surface area contributed by atoms with Crippen molar-refractivity contribution in [2.75, 3.05) is 32.7 Å². The lowest BCUT2D eigenvalue weighted by Crippen LogP contribution is -2.34. The maximum Gasteiger partial charge on any atom is 0.246 e. The van der Waals surface area contributed by atoms with Crippen LogP contribution in [0.3, 0.4) is 0 Å². The molecule has 0 aliphatic carbocycles. The second kappa shape index (κ2) is 7.83. The first-order valence-corrected chi connectivity index (χ1v) is 11.7. The molecule has 0 amide bonds. The highest BCUT2D eigenvalue weighted by Crippen LogP contribution is 2.35. The molecular weight excluding hydrogens is 386 g/mol. The van der Waals surface area contributed by atoms with E-state index in [1.165, 1.54) is 5.56 Å². The molecule has 2 aliphatic heterocycles. The fourth-order valence-corrected chi connectivity index (χ4v) is 6.82. The van der Waals surface area contributed by atoms with Crippen molar-refractivity contribution < 1.29 is 8.42 Å². The monoisotopic (exact) mass is 417 g/mol. The number of nitrogens with zero attached hydrogens (tertiary/aromatic N) is 4. The minimum Gasteiger partial charge on any atom is -0.324 e. The van der Waals surface area contributed by atoms with Gasteiger partial charge in [0.15, 0.2) is 0 Å². The number of benzene rings is 1. The average molecular weight is 418 g/mol. The smallest absolute Gasteiger partial charge is 0.246 e. The molecule has 29 heavy (non-hydrogen) atoms. The van der Waals surface area contributed by atoms with Crippen molar-refractivity contribution in [1.82, 2.24) is 19.0 Å². The van der Waals surface area contributed by atoms with Crippen LogP contribution in [-0.4, -0.2) is 60.1 Å². The molecule has 0 spiro atoms. The second-order valence-electron chi connectivity index (χ2n) is 8.53. The predicted octanol–water partition coefficient (Wildman–Crippen LogP) is 1.68. The minimum atomic E-state index is -3.49. The van der Waals surface area contributed by atoms with Gasteiger partial charge in [-0.1, -0.05) is 30.3 Å². The molecule has 1 aromatic heterocycles. The quantitative estimate of drug-likeness (QED) is 0.773. The zero-order chi connectivity index (χ0) is 20.8. The van der Waals surface area contributed by atoms with Gasteiger partial charge in [-0.2, -0.15) is 9.40 Å².